The minimum Gasteiger partial charge on any atom is -0.313 e. The van der Waals surface area contributed by atoms with Crippen LogP contribution in [0.4, 0.5) is 0 Å². The van der Waals surface area contributed by atoms with Crippen LogP contribution < -0.4 is 5.56 Å². The van der Waals surface area contributed by atoms with Gasteiger partial charge in [0.05, 0.1) is 0 Å². The van der Waals surface area contributed by atoms with E-state index in [4.69, 9.17) is 0 Å². The average Bonchev–Trinajstić information content (AvgIpc) is 2.16. The van der Waals surface area contributed by atoms with Crippen LogP contribution in [0.25, 0.3) is 0 Å². The second kappa shape index (κ2) is 4.45. The Morgan fingerprint density at radius 3 is 2.50 bits per heavy atom. The van der Waals surface area contributed by atoms with Gasteiger partial charge in [-0.05, 0) is 32.3 Å². The smallest absolute Gasteiger partial charge is 0.254 e. The van der Waals surface area contributed by atoms with Gasteiger partial charge in [0.1, 0.15) is 0 Å². The predicted molar refractivity (Wildman–Crippen MR) is 59.8 cm³/mol. The number of rotatable bonds is 3. The zero-order chi connectivity index (χ0) is 10.7. The van der Waals surface area contributed by atoms with E-state index in [1.165, 1.54) is 0 Å². The molecule has 0 aliphatic carbocycles. The van der Waals surface area contributed by atoms with Gasteiger partial charge in [0.2, 0.25) is 0 Å². The highest BCUT2D eigenvalue weighted by Crippen LogP contribution is 2.14. The molecule has 78 valence electrons. The molecular weight excluding hydrogens is 174 g/mol. The summed E-state index contributed by atoms with van der Waals surface area (Å²) in [6.45, 7) is 8.27. The lowest BCUT2D eigenvalue weighted by molar-refractivity contribution is 0.565. The maximum Gasteiger partial charge on any atom is 0.254 e. The van der Waals surface area contributed by atoms with E-state index < -0.39 is 0 Å². The van der Waals surface area contributed by atoms with Crippen LogP contribution in [0.1, 0.15) is 51.6 Å². The molecule has 0 aromatic carbocycles. The molecule has 14 heavy (non-hydrogen) atoms. The topological polar surface area (TPSA) is 22.0 Å². The highest BCUT2D eigenvalue weighted by molar-refractivity contribution is 5.15. The van der Waals surface area contributed by atoms with E-state index in [1.54, 1.807) is 4.57 Å². The summed E-state index contributed by atoms with van der Waals surface area (Å²) in [6.07, 6.45) is 2.87. The molecule has 0 bridgehead atoms. The van der Waals surface area contributed by atoms with Crippen molar-refractivity contribution in [2.75, 3.05) is 0 Å². The summed E-state index contributed by atoms with van der Waals surface area (Å²) >= 11 is 0. The summed E-state index contributed by atoms with van der Waals surface area (Å²) in [5.41, 5.74) is 1.10. The summed E-state index contributed by atoms with van der Waals surface area (Å²) in [5.74, 6) is 0.355. The Kier molecular flexibility index (Phi) is 3.50. The van der Waals surface area contributed by atoms with E-state index in [2.05, 4.69) is 13.8 Å². The van der Waals surface area contributed by atoms with Crippen molar-refractivity contribution >= 4 is 0 Å². The van der Waals surface area contributed by atoms with Gasteiger partial charge in [-0.15, -0.1) is 0 Å². The number of hydrogen-bond donors (Lipinski definition) is 0. The lowest BCUT2D eigenvalue weighted by Crippen LogP contribution is -2.25. The predicted octanol–water partition coefficient (Wildman–Crippen LogP) is 2.94. The van der Waals surface area contributed by atoms with Gasteiger partial charge in [0.15, 0.2) is 0 Å². The normalized spacial score (nSPS) is 13.2. The average molecular weight is 193 g/mol. The van der Waals surface area contributed by atoms with Crippen LogP contribution in [0.2, 0.25) is 0 Å². The molecule has 1 aromatic heterocycles. The molecule has 0 amide bonds. The maximum absolute atomic E-state index is 12.0. The number of pyridine rings is 1. The third kappa shape index (κ3) is 2.06. The minimum absolute atomic E-state index is 0.164. The molecule has 1 heterocycles. The Morgan fingerprint density at radius 1 is 1.36 bits per heavy atom. The second-order valence-electron chi connectivity index (χ2n) is 4.08. The molecule has 0 saturated carbocycles. The van der Waals surface area contributed by atoms with Crippen molar-refractivity contribution in [3.8, 4) is 0 Å². The van der Waals surface area contributed by atoms with Gasteiger partial charge in [-0.25, -0.2) is 0 Å². The molecule has 1 aromatic rings. The van der Waals surface area contributed by atoms with E-state index in [9.17, 15) is 4.79 Å². The van der Waals surface area contributed by atoms with Gasteiger partial charge in [-0.2, -0.15) is 0 Å². The molecule has 0 radical (unpaired) electrons. The van der Waals surface area contributed by atoms with E-state index in [0.29, 0.717) is 5.92 Å². The van der Waals surface area contributed by atoms with Crippen LogP contribution in [0.3, 0.4) is 0 Å². The standard InChI is InChI=1S/C12H19NO/c1-5-10(4)11-7-6-8-13(9(2)3)12(11)14/h6-10H,5H2,1-4H3. The fourth-order valence-corrected chi connectivity index (χ4v) is 1.53. The monoisotopic (exact) mass is 193 g/mol. The first-order valence-electron chi connectivity index (χ1n) is 5.29. The lowest BCUT2D eigenvalue weighted by Gasteiger charge is -2.14. The SMILES string of the molecule is CCC(C)c1cccn(C(C)C)c1=O. The van der Waals surface area contributed by atoms with E-state index in [-0.39, 0.29) is 11.6 Å². The van der Waals surface area contributed by atoms with Crippen molar-refractivity contribution in [2.45, 2.75) is 46.1 Å². The lowest BCUT2D eigenvalue weighted by atomic mass is 10.0. The van der Waals surface area contributed by atoms with Gasteiger partial charge in [-0.3, -0.25) is 4.79 Å². The largest absolute Gasteiger partial charge is 0.313 e. The molecule has 1 rings (SSSR count). The first-order valence-corrected chi connectivity index (χ1v) is 5.29. The number of nitrogens with zero attached hydrogens (tertiary/aromatic N) is 1. The fourth-order valence-electron chi connectivity index (χ4n) is 1.53. The number of hydrogen-bond acceptors (Lipinski definition) is 1. The van der Waals surface area contributed by atoms with Crippen LogP contribution in [-0.4, -0.2) is 4.57 Å². The Hall–Kier alpha value is -1.05. The summed E-state index contributed by atoms with van der Waals surface area (Å²) in [4.78, 5) is 12.0. The van der Waals surface area contributed by atoms with Gasteiger partial charge in [-0.1, -0.05) is 19.9 Å². The number of aromatic nitrogens is 1. The Morgan fingerprint density at radius 2 is 2.00 bits per heavy atom. The van der Waals surface area contributed by atoms with E-state index in [1.807, 2.05) is 32.2 Å². The molecule has 2 nitrogen and oxygen atoms in total. The molecule has 1 atom stereocenters. The second-order valence-corrected chi connectivity index (χ2v) is 4.08. The third-order valence-corrected chi connectivity index (χ3v) is 2.70. The van der Waals surface area contributed by atoms with Crippen molar-refractivity contribution in [3.63, 3.8) is 0 Å². The van der Waals surface area contributed by atoms with Crippen molar-refractivity contribution in [1.29, 1.82) is 0 Å². The van der Waals surface area contributed by atoms with Crippen LogP contribution in [0, 0.1) is 0 Å². The van der Waals surface area contributed by atoms with Gasteiger partial charge in [0.25, 0.3) is 5.56 Å². The minimum atomic E-state index is 0.164. The highest BCUT2D eigenvalue weighted by Gasteiger charge is 2.10. The Bertz CT molecular complexity index is 352. The fraction of sp³-hybridized carbons (Fsp3) is 0.583. The quantitative estimate of drug-likeness (QED) is 0.723. The van der Waals surface area contributed by atoms with Gasteiger partial charge < -0.3 is 4.57 Å². The maximum atomic E-state index is 12.0. The zero-order valence-corrected chi connectivity index (χ0v) is 9.45. The molecule has 0 aliphatic rings. The first-order chi connectivity index (χ1) is 6.57. The molecule has 0 aliphatic heterocycles. The third-order valence-electron chi connectivity index (χ3n) is 2.70. The summed E-state index contributed by atoms with van der Waals surface area (Å²) in [5, 5.41) is 0. The molecule has 2 heteroatoms. The van der Waals surface area contributed by atoms with Crippen LogP contribution in [0.15, 0.2) is 23.1 Å². The molecule has 1 unspecified atom stereocenters. The van der Waals surface area contributed by atoms with Crippen molar-refractivity contribution < 1.29 is 0 Å². The molecular formula is C12H19NO. The highest BCUT2D eigenvalue weighted by atomic mass is 16.1. The van der Waals surface area contributed by atoms with Crippen molar-refractivity contribution in [2.24, 2.45) is 0 Å². The van der Waals surface area contributed by atoms with E-state index >= 15 is 0 Å². The van der Waals surface area contributed by atoms with Crippen LogP contribution >= 0.6 is 0 Å². The van der Waals surface area contributed by atoms with E-state index in [0.717, 1.165) is 12.0 Å². The van der Waals surface area contributed by atoms with Crippen molar-refractivity contribution in [1.82, 2.24) is 4.57 Å². The van der Waals surface area contributed by atoms with Gasteiger partial charge in [0, 0.05) is 17.8 Å². The zero-order valence-electron chi connectivity index (χ0n) is 9.45. The van der Waals surface area contributed by atoms with Gasteiger partial charge >= 0.3 is 0 Å². The summed E-state index contributed by atoms with van der Waals surface area (Å²) in [6, 6.07) is 4.14. The summed E-state index contributed by atoms with van der Waals surface area (Å²) < 4.78 is 1.79. The summed E-state index contributed by atoms with van der Waals surface area (Å²) in [7, 11) is 0. The molecule has 0 spiro atoms. The first kappa shape index (κ1) is 11.0. The van der Waals surface area contributed by atoms with Crippen LogP contribution in [-0.2, 0) is 0 Å². The molecule has 0 N–H and O–H groups in total. The Labute approximate surface area is 85.6 Å². The molecule has 0 fully saturated rings. The van der Waals surface area contributed by atoms with Crippen molar-refractivity contribution in [3.05, 3.63) is 34.2 Å². The molecule has 0 saturated heterocycles. The van der Waals surface area contributed by atoms with Crippen LogP contribution in [0.5, 0.6) is 0 Å². The Balaban J connectivity index is 3.21.